The SMILES string of the molecule is CC(=O)OC[C@@](C)(/C=C/C1CCCN1C(=O)N(NC(=O)C(C)N)C(C)(C)C)Cc1cccc(Cl)c1. The Bertz CT molecular complexity index is 944. The number of esters is 1. The average molecular weight is 507 g/mol. The third-order valence-corrected chi connectivity index (χ3v) is 6.10. The molecular formula is C26H39ClN4O4. The van der Waals surface area contributed by atoms with E-state index in [1.807, 2.05) is 64.1 Å². The van der Waals surface area contributed by atoms with Gasteiger partial charge in [0.25, 0.3) is 5.91 Å². The number of amides is 3. The Morgan fingerprint density at radius 2 is 2.00 bits per heavy atom. The zero-order valence-electron chi connectivity index (χ0n) is 21.6. The molecule has 1 saturated heterocycles. The van der Waals surface area contributed by atoms with Crippen molar-refractivity contribution < 1.29 is 19.1 Å². The van der Waals surface area contributed by atoms with Gasteiger partial charge in [0.15, 0.2) is 0 Å². The summed E-state index contributed by atoms with van der Waals surface area (Å²) in [6, 6.07) is 6.41. The molecule has 35 heavy (non-hydrogen) atoms. The van der Waals surface area contributed by atoms with Gasteiger partial charge in [-0.2, -0.15) is 0 Å². The van der Waals surface area contributed by atoms with Crippen molar-refractivity contribution in [2.24, 2.45) is 11.1 Å². The third-order valence-electron chi connectivity index (χ3n) is 5.87. The molecule has 1 aliphatic heterocycles. The number of halogens is 1. The summed E-state index contributed by atoms with van der Waals surface area (Å²) in [4.78, 5) is 39.1. The number of nitrogens with one attached hydrogen (secondary N) is 1. The Hall–Kier alpha value is -2.58. The number of hydrogen-bond donors (Lipinski definition) is 2. The maximum atomic E-state index is 13.5. The van der Waals surface area contributed by atoms with Gasteiger partial charge in [-0.3, -0.25) is 15.0 Å². The van der Waals surface area contributed by atoms with Crippen LogP contribution < -0.4 is 11.2 Å². The fourth-order valence-corrected chi connectivity index (χ4v) is 4.17. The van der Waals surface area contributed by atoms with Crippen molar-refractivity contribution in [3.05, 3.63) is 47.0 Å². The Kier molecular flexibility index (Phi) is 9.75. The van der Waals surface area contributed by atoms with Crippen LogP contribution in [0.15, 0.2) is 36.4 Å². The molecule has 1 aliphatic rings. The fourth-order valence-electron chi connectivity index (χ4n) is 3.95. The summed E-state index contributed by atoms with van der Waals surface area (Å²) in [7, 11) is 0. The van der Waals surface area contributed by atoms with Gasteiger partial charge >= 0.3 is 12.0 Å². The van der Waals surface area contributed by atoms with Gasteiger partial charge in [0.1, 0.15) is 6.61 Å². The second-order valence-corrected chi connectivity index (χ2v) is 11.0. The topological polar surface area (TPSA) is 105 Å². The Morgan fingerprint density at radius 3 is 2.57 bits per heavy atom. The first-order valence-electron chi connectivity index (χ1n) is 12.0. The lowest BCUT2D eigenvalue weighted by atomic mass is 9.83. The van der Waals surface area contributed by atoms with Crippen LogP contribution in [0.2, 0.25) is 5.02 Å². The predicted molar refractivity (Wildman–Crippen MR) is 138 cm³/mol. The highest BCUT2D eigenvalue weighted by Gasteiger charge is 2.37. The monoisotopic (exact) mass is 506 g/mol. The molecule has 0 spiro atoms. The van der Waals surface area contributed by atoms with Gasteiger partial charge in [0.05, 0.1) is 17.6 Å². The molecule has 3 N–H and O–H groups in total. The molecule has 0 saturated carbocycles. The minimum absolute atomic E-state index is 0.157. The zero-order valence-corrected chi connectivity index (χ0v) is 22.4. The van der Waals surface area contributed by atoms with Gasteiger partial charge in [0.2, 0.25) is 0 Å². The fraction of sp³-hybridized carbons (Fsp3) is 0.577. The van der Waals surface area contributed by atoms with Crippen LogP contribution in [0.3, 0.4) is 0 Å². The lowest BCUT2D eigenvalue weighted by Crippen LogP contribution is -2.62. The van der Waals surface area contributed by atoms with Gasteiger partial charge < -0.3 is 15.4 Å². The maximum absolute atomic E-state index is 13.5. The molecule has 2 unspecified atom stereocenters. The predicted octanol–water partition coefficient (Wildman–Crippen LogP) is 4.07. The van der Waals surface area contributed by atoms with E-state index in [0.717, 1.165) is 18.4 Å². The molecule has 1 fully saturated rings. The van der Waals surface area contributed by atoms with Gasteiger partial charge in [-0.25, -0.2) is 9.80 Å². The molecule has 8 nitrogen and oxygen atoms in total. The lowest BCUT2D eigenvalue weighted by molar-refractivity contribution is -0.143. The summed E-state index contributed by atoms with van der Waals surface area (Å²) in [5.74, 6) is -0.769. The van der Waals surface area contributed by atoms with E-state index in [0.29, 0.717) is 18.0 Å². The van der Waals surface area contributed by atoms with E-state index in [2.05, 4.69) is 5.43 Å². The molecule has 0 radical (unpaired) electrons. The summed E-state index contributed by atoms with van der Waals surface area (Å²) in [6.07, 6.45) is 6.27. The first kappa shape index (κ1) is 28.7. The Morgan fingerprint density at radius 1 is 1.31 bits per heavy atom. The molecule has 2 rings (SSSR count). The number of likely N-dealkylation sites (tertiary alicyclic amines) is 1. The van der Waals surface area contributed by atoms with Gasteiger partial charge in [-0.1, -0.05) is 42.8 Å². The molecule has 3 amide bonds. The summed E-state index contributed by atoms with van der Waals surface area (Å²) >= 11 is 6.17. The standard InChI is InChI=1S/C26H39ClN4O4/c1-18(28)23(33)29-31(25(3,4)5)24(34)30-14-8-11-22(30)12-13-26(6,17-35-19(2)32)16-20-9-7-10-21(27)15-20/h7,9-10,12-13,15,18,22H,8,11,14,16-17,28H2,1-6H3,(H,29,33)/b13-12+/t18?,22?,26-/m0/s1. The molecule has 3 atom stereocenters. The van der Waals surface area contributed by atoms with Crippen molar-refractivity contribution in [1.29, 1.82) is 0 Å². The van der Waals surface area contributed by atoms with Crippen LogP contribution in [0.4, 0.5) is 4.79 Å². The van der Waals surface area contributed by atoms with Crippen molar-refractivity contribution in [3.8, 4) is 0 Å². The summed E-state index contributed by atoms with van der Waals surface area (Å²) in [5, 5.41) is 2.00. The van der Waals surface area contributed by atoms with E-state index >= 15 is 0 Å². The van der Waals surface area contributed by atoms with E-state index in [-0.39, 0.29) is 24.6 Å². The first-order valence-corrected chi connectivity index (χ1v) is 12.3. The van der Waals surface area contributed by atoms with Crippen LogP contribution in [-0.2, 0) is 20.7 Å². The maximum Gasteiger partial charge on any atom is 0.339 e. The van der Waals surface area contributed by atoms with E-state index in [1.165, 1.54) is 11.9 Å². The number of urea groups is 1. The molecule has 194 valence electrons. The smallest absolute Gasteiger partial charge is 0.339 e. The second-order valence-electron chi connectivity index (χ2n) is 10.6. The van der Waals surface area contributed by atoms with Crippen LogP contribution in [-0.4, -0.2) is 58.6 Å². The molecular weight excluding hydrogens is 468 g/mol. The number of nitrogens with zero attached hydrogens (tertiary/aromatic N) is 2. The normalized spacial score (nSPS) is 18.7. The number of carbonyl (C=O) groups excluding carboxylic acids is 3. The van der Waals surface area contributed by atoms with Crippen molar-refractivity contribution in [1.82, 2.24) is 15.3 Å². The Labute approximate surface area is 213 Å². The Balaban J connectivity index is 2.26. The first-order chi connectivity index (χ1) is 16.2. The van der Waals surface area contributed by atoms with E-state index < -0.39 is 22.9 Å². The molecule has 1 aromatic rings. The number of nitrogens with two attached hydrogens (primary N) is 1. The van der Waals surface area contributed by atoms with E-state index in [1.54, 1.807) is 11.8 Å². The van der Waals surface area contributed by atoms with E-state index in [9.17, 15) is 14.4 Å². The van der Waals surface area contributed by atoms with Crippen LogP contribution in [0, 0.1) is 5.41 Å². The van der Waals surface area contributed by atoms with Crippen LogP contribution in [0.5, 0.6) is 0 Å². The highest BCUT2D eigenvalue weighted by Crippen LogP contribution is 2.29. The van der Waals surface area contributed by atoms with Crippen LogP contribution in [0.25, 0.3) is 0 Å². The highest BCUT2D eigenvalue weighted by atomic mass is 35.5. The van der Waals surface area contributed by atoms with Gasteiger partial charge in [0, 0.05) is 23.9 Å². The van der Waals surface area contributed by atoms with Gasteiger partial charge in [-0.05, 0) is 64.7 Å². The second kappa shape index (κ2) is 11.9. The molecule has 0 aliphatic carbocycles. The number of hydrogen-bond acceptors (Lipinski definition) is 5. The summed E-state index contributed by atoms with van der Waals surface area (Å²) in [5.41, 5.74) is 8.27. The number of rotatable bonds is 7. The number of ether oxygens (including phenoxy) is 1. The minimum Gasteiger partial charge on any atom is -0.465 e. The summed E-state index contributed by atoms with van der Waals surface area (Å²) < 4.78 is 5.38. The quantitative estimate of drug-likeness (QED) is 0.329. The molecule has 1 aromatic carbocycles. The third kappa shape index (κ3) is 8.54. The van der Waals surface area contributed by atoms with Crippen molar-refractivity contribution in [2.45, 2.75) is 78.4 Å². The number of carbonyl (C=O) groups is 3. The zero-order chi connectivity index (χ0) is 26.4. The van der Waals surface area contributed by atoms with E-state index in [4.69, 9.17) is 22.1 Å². The van der Waals surface area contributed by atoms with Gasteiger partial charge in [-0.15, -0.1) is 0 Å². The number of hydrazine groups is 1. The molecule has 0 aromatic heterocycles. The average Bonchev–Trinajstić information content (AvgIpc) is 3.22. The minimum atomic E-state index is -0.740. The number of benzene rings is 1. The molecule has 1 heterocycles. The highest BCUT2D eigenvalue weighted by molar-refractivity contribution is 6.30. The summed E-state index contributed by atoms with van der Waals surface area (Å²) in [6.45, 7) is 11.3. The largest absolute Gasteiger partial charge is 0.465 e. The molecule has 9 heteroatoms. The van der Waals surface area contributed by atoms with Crippen molar-refractivity contribution in [3.63, 3.8) is 0 Å². The molecule has 0 bridgehead atoms. The van der Waals surface area contributed by atoms with Crippen molar-refractivity contribution in [2.75, 3.05) is 13.2 Å². The van der Waals surface area contributed by atoms with Crippen molar-refractivity contribution >= 4 is 29.5 Å². The van der Waals surface area contributed by atoms with Crippen LogP contribution >= 0.6 is 11.6 Å². The van der Waals surface area contributed by atoms with Crippen LogP contribution in [0.1, 0.15) is 59.9 Å². The lowest BCUT2D eigenvalue weighted by Gasteiger charge is -2.39.